The number of benzene rings is 1. The van der Waals surface area contributed by atoms with E-state index in [0.29, 0.717) is 6.54 Å². The largest absolute Gasteiger partial charge is 0.497 e. The minimum atomic E-state index is -0.632. The highest BCUT2D eigenvalue weighted by Gasteiger charge is 2.02. The van der Waals surface area contributed by atoms with E-state index in [-0.39, 0.29) is 5.82 Å². The van der Waals surface area contributed by atoms with Crippen LogP contribution in [0.3, 0.4) is 0 Å². The van der Waals surface area contributed by atoms with Crippen molar-refractivity contribution in [1.82, 2.24) is 15.2 Å². The van der Waals surface area contributed by atoms with E-state index in [9.17, 15) is 9.59 Å². The minimum absolute atomic E-state index is 0.0671. The van der Waals surface area contributed by atoms with E-state index in [4.69, 9.17) is 4.74 Å². The van der Waals surface area contributed by atoms with Gasteiger partial charge in [0.1, 0.15) is 5.75 Å². The first kappa shape index (κ1) is 11.9. The number of H-pyrrole nitrogens is 2. The Morgan fingerprint density at radius 2 is 2.22 bits per heavy atom. The third-order valence-electron chi connectivity index (χ3n) is 2.31. The van der Waals surface area contributed by atoms with Crippen LogP contribution in [0.4, 0.5) is 5.82 Å². The van der Waals surface area contributed by atoms with Gasteiger partial charge in [0.15, 0.2) is 0 Å². The Hall–Kier alpha value is -2.57. The molecular weight excluding hydrogens is 236 g/mol. The number of rotatable bonds is 4. The van der Waals surface area contributed by atoms with Crippen LogP contribution in [0.15, 0.2) is 33.9 Å². The molecule has 1 aromatic heterocycles. The van der Waals surface area contributed by atoms with Gasteiger partial charge in [-0.05, 0) is 17.7 Å². The van der Waals surface area contributed by atoms with Crippen LogP contribution in [0.1, 0.15) is 5.56 Å². The van der Waals surface area contributed by atoms with Crippen molar-refractivity contribution in [1.29, 1.82) is 0 Å². The van der Waals surface area contributed by atoms with E-state index in [0.717, 1.165) is 11.3 Å². The van der Waals surface area contributed by atoms with Gasteiger partial charge < -0.3 is 10.1 Å². The van der Waals surface area contributed by atoms with Crippen molar-refractivity contribution >= 4 is 5.82 Å². The van der Waals surface area contributed by atoms with Crippen LogP contribution in [-0.2, 0) is 6.54 Å². The number of ether oxygens (including phenoxy) is 1. The van der Waals surface area contributed by atoms with E-state index in [2.05, 4.69) is 20.5 Å². The number of nitrogens with zero attached hydrogens (tertiary/aromatic N) is 1. The van der Waals surface area contributed by atoms with Gasteiger partial charge >= 0.3 is 5.69 Å². The van der Waals surface area contributed by atoms with Gasteiger partial charge in [-0.15, -0.1) is 5.10 Å². The molecule has 2 aromatic rings. The summed E-state index contributed by atoms with van der Waals surface area (Å²) in [6.45, 7) is 0.402. The van der Waals surface area contributed by atoms with Crippen LogP contribution < -0.4 is 21.3 Å². The summed E-state index contributed by atoms with van der Waals surface area (Å²) in [6, 6.07) is 7.40. The number of anilines is 1. The third kappa shape index (κ3) is 2.76. The number of hydrogen-bond acceptors (Lipinski definition) is 5. The molecule has 94 valence electrons. The molecule has 1 aromatic carbocycles. The average molecular weight is 248 g/mol. The zero-order valence-electron chi connectivity index (χ0n) is 9.69. The first-order chi connectivity index (χ1) is 8.69. The average Bonchev–Trinajstić information content (AvgIpc) is 2.38. The van der Waals surface area contributed by atoms with Crippen molar-refractivity contribution in [2.24, 2.45) is 0 Å². The summed E-state index contributed by atoms with van der Waals surface area (Å²) in [7, 11) is 1.58. The molecule has 0 aliphatic rings. The maximum Gasteiger partial charge on any atom is 0.342 e. The fourth-order valence-electron chi connectivity index (χ4n) is 1.44. The summed E-state index contributed by atoms with van der Waals surface area (Å²) < 4.78 is 5.09. The molecule has 0 spiro atoms. The van der Waals surface area contributed by atoms with Crippen LogP contribution in [-0.4, -0.2) is 22.3 Å². The molecular formula is C11H12N4O3. The minimum Gasteiger partial charge on any atom is -0.497 e. The molecule has 0 bridgehead atoms. The topological polar surface area (TPSA) is 99.9 Å². The van der Waals surface area contributed by atoms with E-state index in [1.54, 1.807) is 7.11 Å². The summed E-state index contributed by atoms with van der Waals surface area (Å²) in [6.07, 6.45) is 0. The molecule has 0 saturated heterocycles. The second-order valence-electron chi connectivity index (χ2n) is 3.56. The van der Waals surface area contributed by atoms with Crippen molar-refractivity contribution in [3.63, 3.8) is 0 Å². The van der Waals surface area contributed by atoms with Crippen molar-refractivity contribution < 1.29 is 4.74 Å². The number of methoxy groups -OCH3 is 1. The molecule has 3 N–H and O–H groups in total. The van der Waals surface area contributed by atoms with Gasteiger partial charge in [0, 0.05) is 6.54 Å². The summed E-state index contributed by atoms with van der Waals surface area (Å²) >= 11 is 0. The highest BCUT2D eigenvalue weighted by atomic mass is 16.5. The van der Waals surface area contributed by atoms with Crippen LogP contribution in [0.2, 0.25) is 0 Å². The number of aromatic nitrogens is 3. The zero-order valence-corrected chi connectivity index (χ0v) is 9.69. The molecule has 2 rings (SSSR count). The summed E-state index contributed by atoms with van der Waals surface area (Å²) in [5.41, 5.74) is -0.254. The van der Waals surface area contributed by atoms with Crippen LogP contribution in [0.5, 0.6) is 5.75 Å². The van der Waals surface area contributed by atoms with Crippen LogP contribution in [0, 0.1) is 0 Å². The fourth-order valence-corrected chi connectivity index (χ4v) is 1.44. The van der Waals surface area contributed by atoms with E-state index in [1.165, 1.54) is 0 Å². The van der Waals surface area contributed by atoms with Gasteiger partial charge in [-0.1, -0.05) is 12.1 Å². The summed E-state index contributed by atoms with van der Waals surface area (Å²) in [4.78, 5) is 24.2. The predicted molar refractivity (Wildman–Crippen MR) is 65.8 cm³/mol. The van der Waals surface area contributed by atoms with Gasteiger partial charge in [0.25, 0.3) is 5.56 Å². The smallest absolute Gasteiger partial charge is 0.342 e. The Morgan fingerprint density at radius 1 is 1.39 bits per heavy atom. The second kappa shape index (κ2) is 5.17. The Kier molecular flexibility index (Phi) is 3.42. The Balaban J connectivity index is 2.11. The van der Waals surface area contributed by atoms with E-state index in [1.807, 2.05) is 24.3 Å². The zero-order chi connectivity index (χ0) is 13.0. The van der Waals surface area contributed by atoms with E-state index >= 15 is 0 Å². The van der Waals surface area contributed by atoms with Gasteiger partial charge in [-0.2, -0.15) is 0 Å². The van der Waals surface area contributed by atoms with Gasteiger partial charge in [-0.25, -0.2) is 9.89 Å². The van der Waals surface area contributed by atoms with Gasteiger partial charge in [0.05, 0.1) is 7.11 Å². The third-order valence-corrected chi connectivity index (χ3v) is 2.31. The SMILES string of the molecule is COc1cccc(CNc2n[nH]c(=O)[nH]c2=O)c1. The maximum absolute atomic E-state index is 11.4. The summed E-state index contributed by atoms with van der Waals surface area (Å²) in [5, 5.41) is 8.59. The predicted octanol–water partition coefficient (Wildman–Crippen LogP) is 0.0789. The maximum atomic E-state index is 11.4. The van der Waals surface area contributed by atoms with Crippen molar-refractivity contribution in [3.8, 4) is 5.75 Å². The van der Waals surface area contributed by atoms with Crippen molar-refractivity contribution in [3.05, 3.63) is 50.7 Å². The number of hydrogen-bond donors (Lipinski definition) is 3. The molecule has 0 saturated carbocycles. The molecule has 0 unspecified atom stereocenters. The molecule has 7 nitrogen and oxygen atoms in total. The Labute approximate surface area is 102 Å². The number of aromatic amines is 2. The summed E-state index contributed by atoms with van der Waals surface area (Å²) in [5.74, 6) is 0.801. The molecule has 7 heteroatoms. The monoisotopic (exact) mass is 248 g/mol. The molecule has 0 radical (unpaired) electrons. The first-order valence-electron chi connectivity index (χ1n) is 5.25. The van der Waals surface area contributed by atoms with Crippen LogP contribution in [0.25, 0.3) is 0 Å². The lowest BCUT2D eigenvalue weighted by Crippen LogP contribution is -2.26. The van der Waals surface area contributed by atoms with Gasteiger partial charge in [-0.3, -0.25) is 9.78 Å². The Morgan fingerprint density at radius 3 is 2.94 bits per heavy atom. The molecule has 0 atom stereocenters. The highest BCUT2D eigenvalue weighted by molar-refractivity contribution is 5.34. The molecule has 18 heavy (non-hydrogen) atoms. The van der Waals surface area contributed by atoms with Crippen molar-refractivity contribution in [2.75, 3.05) is 12.4 Å². The second-order valence-corrected chi connectivity index (χ2v) is 3.56. The standard InChI is InChI=1S/C11H12N4O3/c1-18-8-4-2-3-7(5-8)6-12-9-10(16)13-11(17)15-14-9/h2-5H,6H2,1H3,(H,12,14)(H2,13,15,16,17). The Bertz CT molecular complexity index is 647. The lowest BCUT2D eigenvalue weighted by atomic mass is 10.2. The number of nitrogens with one attached hydrogen (secondary N) is 3. The normalized spacial score (nSPS) is 10.1. The lowest BCUT2D eigenvalue weighted by molar-refractivity contribution is 0.414. The highest BCUT2D eigenvalue weighted by Crippen LogP contribution is 2.12. The fraction of sp³-hybridized carbons (Fsp3) is 0.182. The molecule has 0 amide bonds. The van der Waals surface area contributed by atoms with Gasteiger partial charge in [0.2, 0.25) is 5.82 Å². The quantitative estimate of drug-likeness (QED) is 0.711. The first-order valence-corrected chi connectivity index (χ1v) is 5.25. The molecule has 1 heterocycles. The molecule has 0 aliphatic carbocycles. The lowest BCUT2D eigenvalue weighted by Gasteiger charge is -2.05. The van der Waals surface area contributed by atoms with Crippen molar-refractivity contribution in [2.45, 2.75) is 6.54 Å². The van der Waals surface area contributed by atoms with Crippen LogP contribution >= 0.6 is 0 Å². The molecule has 0 aliphatic heterocycles. The molecule has 0 fully saturated rings. The van der Waals surface area contributed by atoms with E-state index < -0.39 is 11.2 Å².